The minimum absolute atomic E-state index is 0.0637. The molecule has 3 heterocycles. The summed E-state index contributed by atoms with van der Waals surface area (Å²) >= 11 is 0. The number of amides is 1. The quantitative estimate of drug-likeness (QED) is 0.922. The van der Waals surface area contributed by atoms with Crippen LogP contribution in [0, 0.1) is 6.92 Å². The first-order valence-corrected chi connectivity index (χ1v) is 7.75. The molecule has 1 fully saturated rings. The van der Waals surface area contributed by atoms with Crippen molar-refractivity contribution in [1.29, 1.82) is 0 Å². The molecule has 0 radical (unpaired) electrons. The van der Waals surface area contributed by atoms with Crippen molar-refractivity contribution in [2.24, 2.45) is 0 Å². The number of aromatic nitrogens is 4. The summed E-state index contributed by atoms with van der Waals surface area (Å²) in [7, 11) is 0. The molecule has 0 spiro atoms. The Bertz CT molecular complexity index is 690. The standard InChI is InChI=1S/C16H20N6O/c1-11-19-9-13(10-20-12(2)23)15(21-11)14-5-3-8-22(14)16-17-6-4-7-18-16/h4,6-7,9,14H,3,5,8,10H2,1-2H3,(H,20,23)/t14-/m1/s1. The Morgan fingerprint density at radius 2 is 2.13 bits per heavy atom. The summed E-state index contributed by atoms with van der Waals surface area (Å²) in [6.45, 7) is 4.72. The molecule has 0 aliphatic carbocycles. The fraction of sp³-hybridized carbons (Fsp3) is 0.438. The van der Waals surface area contributed by atoms with Gasteiger partial charge in [-0.1, -0.05) is 0 Å². The van der Waals surface area contributed by atoms with Gasteiger partial charge in [0.1, 0.15) is 5.82 Å². The van der Waals surface area contributed by atoms with E-state index >= 15 is 0 Å². The van der Waals surface area contributed by atoms with Crippen molar-refractivity contribution in [2.45, 2.75) is 39.3 Å². The van der Waals surface area contributed by atoms with Crippen molar-refractivity contribution in [3.05, 3.63) is 41.7 Å². The van der Waals surface area contributed by atoms with Crippen LogP contribution in [-0.2, 0) is 11.3 Å². The van der Waals surface area contributed by atoms with Crippen molar-refractivity contribution in [2.75, 3.05) is 11.4 Å². The lowest BCUT2D eigenvalue weighted by molar-refractivity contribution is -0.119. The zero-order valence-corrected chi connectivity index (χ0v) is 13.4. The predicted molar refractivity (Wildman–Crippen MR) is 85.6 cm³/mol. The fourth-order valence-electron chi connectivity index (χ4n) is 2.89. The Labute approximate surface area is 135 Å². The Hall–Kier alpha value is -2.57. The summed E-state index contributed by atoms with van der Waals surface area (Å²) in [5.74, 6) is 1.38. The number of nitrogens with zero attached hydrogens (tertiary/aromatic N) is 5. The number of hydrogen-bond donors (Lipinski definition) is 1. The van der Waals surface area contributed by atoms with E-state index in [-0.39, 0.29) is 11.9 Å². The molecule has 1 atom stereocenters. The normalized spacial score (nSPS) is 17.3. The third kappa shape index (κ3) is 3.44. The number of aryl methyl sites for hydroxylation is 1. The van der Waals surface area contributed by atoms with Gasteiger partial charge in [-0.25, -0.2) is 19.9 Å². The van der Waals surface area contributed by atoms with E-state index in [1.165, 1.54) is 6.92 Å². The van der Waals surface area contributed by atoms with E-state index < -0.39 is 0 Å². The van der Waals surface area contributed by atoms with E-state index in [9.17, 15) is 4.79 Å². The molecule has 3 rings (SSSR count). The van der Waals surface area contributed by atoms with E-state index in [0.717, 1.165) is 42.4 Å². The molecule has 23 heavy (non-hydrogen) atoms. The maximum atomic E-state index is 11.2. The highest BCUT2D eigenvalue weighted by Crippen LogP contribution is 2.34. The van der Waals surface area contributed by atoms with Crippen LogP contribution >= 0.6 is 0 Å². The molecule has 0 unspecified atom stereocenters. The first-order valence-electron chi connectivity index (χ1n) is 7.75. The SMILES string of the molecule is CC(=O)NCc1cnc(C)nc1[C@H]1CCCN1c1ncccn1. The zero-order chi connectivity index (χ0) is 16.2. The molecule has 0 aromatic carbocycles. The van der Waals surface area contributed by atoms with Gasteiger partial charge in [0.05, 0.1) is 11.7 Å². The van der Waals surface area contributed by atoms with Gasteiger partial charge in [-0.3, -0.25) is 4.79 Å². The van der Waals surface area contributed by atoms with Crippen LogP contribution < -0.4 is 10.2 Å². The lowest BCUT2D eigenvalue weighted by Gasteiger charge is -2.25. The van der Waals surface area contributed by atoms with Crippen LogP contribution in [0.2, 0.25) is 0 Å². The summed E-state index contributed by atoms with van der Waals surface area (Å²) in [5, 5.41) is 2.83. The summed E-state index contributed by atoms with van der Waals surface area (Å²) in [5.41, 5.74) is 1.90. The van der Waals surface area contributed by atoms with Gasteiger partial charge in [-0.05, 0) is 25.8 Å². The molecule has 2 aromatic heterocycles. The van der Waals surface area contributed by atoms with Crippen molar-refractivity contribution < 1.29 is 4.79 Å². The summed E-state index contributed by atoms with van der Waals surface area (Å²) in [6.07, 6.45) is 7.35. The number of anilines is 1. The molecule has 0 saturated carbocycles. The highest BCUT2D eigenvalue weighted by Gasteiger charge is 2.31. The topological polar surface area (TPSA) is 83.9 Å². The van der Waals surface area contributed by atoms with Crippen molar-refractivity contribution in [3.63, 3.8) is 0 Å². The van der Waals surface area contributed by atoms with Crippen LogP contribution in [-0.4, -0.2) is 32.4 Å². The second-order valence-electron chi connectivity index (χ2n) is 5.64. The second-order valence-corrected chi connectivity index (χ2v) is 5.64. The van der Waals surface area contributed by atoms with E-state index in [1.807, 2.05) is 13.0 Å². The molecule has 120 valence electrons. The van der Waals surface area contributed by atoms with E-state index in [0.29, 0.717) is 6.54 Å². The van der Waals surface area contributed by atoms with Crippen molar-refractivity contribution >= 4 is 11.9 Å². The Morgan fingerprint density at radius 3 is 2.87 bits per heavy atom. The van der Waals surface area contributed by atoms with E-state index in [4.69, 9.17) is 0 Å². The van der Waals surface area contributed by atoms with Crippen LogP contribution in [0.15, 0.2) is 24.7 Å². The zero-order valence-electron chi connectivity index (χ0n) is 13.4. The molecule has 0 bridgehead atoms. The van der Waals surface area contributed by atoms with Crippen LogP contribution in [0.5, 0.6) is 0 Å². The maximum absolute atomic E-state index is 11.2. The molecular formula is C16H20N6O. The Balaban J connectivity index is 1.93. The van der Waals surface area contributed by atoms with Crippen LogP contribution in [0.3, 0.4) is 0 Å². The van der Waals surface area contributed by atoms with Gasteiger partial charge in [0.25, 0.3) is 0 Å². The molecular weight excluding hydrogens is 292 g/mol. The number of nitrogens with one attached hydrogen (secondary N) is 1. The molecule has 1 amide bonds. The monoisotopic (exact) mass is 312 g/mol. The van der Waals surface area contributed by atoms with Gasteiger partial charge < -0.3 is 10.2 Å². The average Bonchev–Trinajstić information content (AvgIpc) is 3.03. The van der Waals surface area contributed by atoms with Gasteiger partial charge >= 0.3 is 0 Å². The summed E-state index contributed by atoms with van der Waals surface area (Å²) < 4.78 is 0. The van der Waals surface area contributed by atoms with Gasteiger partial charge in [-0.15, -0.1) is 0 Å². The van der Waals surface area contributed by atoms with E-state index in [1.54, 1.807) is 18.6 Å². The summed E-state index contributed by atoms with van der Waals surface area (Å²) in [4.78, 5) is 31.1. The summed E-state index contributed by atoms with van der Waals surface area (Å²) in [6, 6.07) is 1.92. The van der Waals surface area contributed by atoms with Crippen molar-refractivity contribution in [1.82, 2.24) is 25.3 Å². The lowest BCUT2D eigenvalue weighted by Crippen LogP contribution is -2.28. The van der Waals surface area contributed by atoms with Gasteiger partial charge in [0.2, 0.25) is 11.9 Å². The second kappa shape index (κ2) is 6.68. The molecule has 1 aliphatic rings. The molecule has 1 aliphatic heterocycles. The van der Waals surface area contributed by atoms with Gasteiger partial charge in [-0.2, -0.15) is 0 Å². The van der Waals surface area contributed by atoms with Crippen LogP contribution in [0.1, 0.15) is 42.9 Å². The minimum atomic E-state index is -0.0637. The van der Waals surface area contributed by atoms with Crippen molar-refractivity contribution in [3.8, 4) is 0 Å². The highest BCUT2D eigenvalue weighted by molar-refractivity contribution is 5.72. The molecule has 1 N–H and O–H groups in total. The third-order valence-corrected chi connectivity index (χ3v) is 3.92. The largest absolute Gasteiger partial charge is 0.352 e. The Morgan fingerprint density at radius 1 is 1.35 bits per heavy atom. The lowest BCUT2D eigenvalue weighted by atomic mass is 10.1. The molecule has 7 heteroatoms. The third-order valence-electron chi connectivity index (χ3n) is 3.92. The number of carbonyl (C=O) groups is 1. The van der Waals surface area contributed by atoms with Crippen LogP contribution in [0.4, 0.5) is 5.95 Å². The Kier molecular flexibility index (Phi) is 4.45. The minimum Gasteiger partial charge on any atom is -0.352 e. The predicted octanol–water partition coefficient (Wildman–Crippen LogP) is 1.55. The van der Waals surface area contributed by atoms with Gasteiger partial charge in [0, 0.05) is 44.2 Å². The van der Waals surface area contributed by atoms with Crippen LogP contribution in [0.25, 0.3) is 0 Å². The maximum Gasteiger partial charge on any atom is 0.225 e. The molecule has 1 saturated heterocycles. The first-order chi connectivity index (χ1) is 11.1. The number of rotatable bonds is 4. The number of carbonyl (C=O) groups excluding carboxylic acids is 1. The first kappa shape index (κ1) is 15.3. The van der Waals surface area contributed by atoms with E-state index in [2.05, 4.69) is 30.2 Å². The van der Waals surface area contributed by atoms with Gasteiger partial charge in [0.15, 0.2) is 0 Å². The number of hydrogen-bond acceptors (Lipinski definition) is 6. The average molecular weight is 312 g/mol. The molecule has 2 aromatic rings. The smallest absolute Gasteiger partial charge is 0.225 e. The highest BCUT2D eigenvalue weighted by atomic mass is 16.1. The molecule has 7 nitrogen and oxygen atoms in total. The fourth-order valence-corrected chi connectivity index (χ4v) is 2.89.